The number of aliphatic hydroxyl groups is 2. The van der Waals surface area contributed by atoms with Crippen molar-refractivity contribution in [3.05, 3.63) is 46.5 Å². The Morgan fingerprint density at radius 1 is 1.14 bits per heavy atom. The third kappa shape index (κ3) is 8.96. The highest BCUT2D eigenvalue weighted by molar-refractivity contribution is 7.92. The van der Waals surface area contributed by atoms with E-state index in [1.807, 2.05) is 0 Å². The molecule has 2 amide bonds. The fraction of sp³-hybridized carbons (Fsp3) is 0.500. The molecule has 0 bridgehead atoms. The second-order valence-corrected chi connectivity index (χ2v) is 11.2. The van der Waals surface area contributed by atoms with Gasteiger partial charge in [0.15, 0.2) is 5.13 Å². The number of amides is 2. The van der Waals surface area contributed by atoms with E-state index >= 15 is 0 Å². The molecule has 1 heterocycles. The topological polar surface area (TPSA) is 158 Å². The van der Waals surface area contributed by atoms with Gasteiger partial charge in [-0.15, -0.1) is 11.3 Å². The molecule has 0 spiro atoms. The lowest BCUT2D eigenvalue weighted by molar-refractivity contribution is -0.121. The van der Waals surface area contributed by atoms with Gasteiger partial charge in [0, 0.05) is 39.1 Å². The summed E-state index contributed by atoms with van der Waals surface area (Å²) in [5.74, 6) is -3.06. The molecule has 4 N–H and O–H groups in total. The summed E-state index contributed by atoms with van der Waals surface area (Å²) in [5, 5.41) is 28.2. The molecule has 4 atom stereocenters. The molecule has 11 nitrogen and oxygen atoms in total. The van der Waals surface area contributed by atoms with Crippen LogP contribution in [0.25, 0.3) is 0 Å². The predicted octanol–water partition coefficient (Wildman–Crippen LogP) is 0.421. The molecule has 0 aliphatic carbocycles. The Balaban J connectivity index is 2.35. The SMILES string of the molecule is COCC[C@@H](NC(C)=O)[C@@H](O)[C@H](O)[C@H](Cc1cc(F)cc(F)c1)NC(=O)c1csc(N(C)S(C)(=O)=O)n1. The maximum Gasteiger partial charge on any atom is 0.271 e. The highest BCUT2D eigenvalue weighted by atomic mass is 32.2. The number of ether oxygens (including phenoxy) is 1. The highest BCUT2D eigenvalue weighted by Crippen LogP contribution is 2.22. The Hall–Kier alpha value is -2.72. The first-order chi connectivity index (χ1) is 17.2. The summed E-state index contributed by atoms with van der Waals surface area (Å²) in [7, 11) is -0.953. The van der Waals surface area contributed by atoms with Crippen molar-refractivity contribution >= 4 is 38.3 Å². The third-order valence-corrected chi connectivity index (χ3v) is 7.58. The molecule has 0 saturated carbocycles. The summed E-state index contributed by atoms with van der Waals surface area (Å²) in [6.07, 6.45) is -2.52. The van der Waals surface area contributed by atoms with Crippen LogP contribution in [0.4, 0.5) is 13.9 Å². The van der Waals surface area contributed by atoms with Gasteiger partial charge in [-0.2, -0.15) is 0 Å². The number of hydrogen-bond acceptors (Lipinski definition) is 9. The number of methoxy groups -OCH3 is 1. The minimum Gasteiger partial charge on any atom is -0.388 e. The Morgan fingerprint density at radius 3 is 2.27 bits per heavy atom. The van der Waals surface area contributed by atoms with E-state index in [1.165, 1.54) is 26.5 Å². The summed E-state index contributed by atoms with van der Waals surface area (Å²) < 4.78 is 57.0. The maximum absolute atomic E-state index is 13.8. The molecular formula is C22H30F2N4O7S2. The Morgan fingerprint density at radius 2 is 1.73 bits per heavy atom. The van der Waals surface area contributed by atoms with Gasteiger partial charge in [0.2, 0.25) is 15.9 Å². The van der Waals surface area contributed by atoms with Crippen molar-refractivity contribution < 1.29 is 41.7 Å². The van der Waals surface area contributed by atoms with E-state index in [0.29, 0.717) is 6.07 Å². The van der Waals surface area contributed by atoms with Gasteiger partial charge in [-0.1, -0.05) is 0 Å². The highest BCUT2D eigenvalue weighted by Gasteiger charge is 2.34. The normalized spacial score (nSPS) is 14.9. The van der Waals surface area contributed by atoms with Crippen LogP contribution >= 0.6 is 11.3 Å². The van der Waals surface area contributed by atoms with E-state index in [1.54, 1.807) is 0 Å². The number of anilines is 1. The van der Waals surface area contributed by atoms with E-state index in [4.69, 9.17) is 4.74 Å². The standard InChI is InChI=1S/C22H30F2N4O7S2/c1-12(29)25-16(5-6-35-3)19(30)20(31)17(9-13-7-14(23)10-15(24)8-13)26-21(32)18-11-36-22(27-18)28(2)37(4,33)34/h7-8,10-11,16-17,19-20,30-31H,5-6,9H2,1-4H3,(H,25,29)(H,26,32)/t16-,17+,19-,20-/m1/s1. The van der Waals surface area contributed by atoms with E-state index in [0.717, 1.165) is 34.0 Å². The molecule has 0 aliphatic heterocycles. The summed E-state index contributed by atoms with van der Waals surface area (Å²) in [6.45, 7) is 1.36. The molecule has 0 radical (unpaired) electrons. The average molecular weight is 565 g/mol. The second-order valence-electron chi connectivity index (χ2n) is 8.38. The molecule has 2 aromatic rings. The minimum atomic E-state index is -3.63. The zero-order chi connectivity index (χ0) is 27.9. The number of aliphatic hydroxyl groups excluding tert-OH is 2. The summed E-state index contributed by atoms with van der Waals surface area (Å²) in [6, 6.07) is 0.430. The van der Waals surface area contributed by atoms with Crippen molar-refractivity contribution in [1.82, 2.24) is 15.6 Å². The molecule has 0 unspecified atom stereocenters. The Kier molecular flexibility index (Phi) is 10.9. The van der Waals surface area contributed by atoms with Gasteiger partial charge < -0.3 is 25.6 Å². The van der Waals surface area contributed by atoms with Gasteiger partial charge in [-0.3, -0.25) is 9.59 Å². The zero-order valence-corrected chi connectivity index (χ0v) is 22.3. The largest absolute Gasteiger partial charge is 0.388 e. The Bertz CT molecular complexity index is 1180. The number of halogens is 2. The number of rotatable bonds is 13. The maximum atomic E-state index is 13.8. The second kappa shape index (κ2) is 13.2. The lowest BCUT2D eigenvalue weighted by atomic mass is 9.92. The molecule has 1 aromatic carbocycles. The van der Waals surface area contributed by atoms with Crippen molar-refractivity contribution in [3.63, 3.8) is 0 Å². The molecule has 2 rings (SSSR count). The lowest BCUT2D eigenvalue weighted by Crippen LogP contribution is -2.56. The van der Waals surface area contributed by atoms with Crippen LogP contribution in [0, 0.1) is 11.6 Å². The number of nitrogens with zero attached hydrogens (tertiary/aromatic N) is 2. The fourth-order valence-electron chi connectivity index (χ4n) is 3.45. The van der Waals surface area contributed by atoms with E-state index in [9.17, 15) is 37.0 Å². The molecule has 0 aliphatic rings. The number of nitrogens with one attached hydrogen (secondary N) is 2. The number of sulfonamides is 1. The van der Waals surface area contributed by atoms with Crippen molar-refractivity contribution in [2.24, 2.45) is 0 Å². The molecule has 15 heteroatoms. The van der Waals surface area contributed by atoms with Gasteiger partial charge >= 0.3 is 0 Å². The van der Waals surface area contributed by atoms with Gasteiger partial charge in [0.05, 0.1) is 18.3 Å². The number of benzene rings is 1. The number of carbonyl (C=O) groups is 2. The molecule has 206 valence electrons. The van der Waals surface area contributed by atoms with Gasteiger partial charge in [-0.05, 0) is 30.5 Å². The lowest BCUT2D eigenvalue weighted by Gasteiger charge is -2.32. The van der Waals surface area contributed by atoms with Crippen molar-refractivity contribution in [2.75, 3.05) is 31.3 Å². The molecule has 37 heavy (non-hydrogen) atoms. The molecule has 1 aromatic heterocycles. The first-order valence-corrected chi connectivity index (χ1v) is 13.7. The first kappa shape index (κ1) is 30.5. The van der Waals surface area contributed by atoms with E-state index in [2.05, 4.69) is 15.6 Å². The zero-order valence-electron chi connectivity index (χ0n) is 20.6. The van der Waals surface area contributed by atoms with Crippen LogP contribution in [0.3, 0.4) is 0 Å². The van der Waals surface area contributed by atoms with Crippen LogP contribution in [0.2, 0.25) is 0 Å². The summed E-state index contributed by atoms with van der Waals surface area (Å²) >= 11 is 0.886. The molecule has 0 fully saturated rings. The summed E-state index contributed by atoms with van der Waals surface area (Å²) in [5.41, 5.74) is -0.0943. The molecular weight excluding hydrogens is 534 g/mol. The number of carbonyl (C=O) groups excluding carboxylic acids is 2. The predicted molar refractivity (Wildman–Crippen MR) is 133 cm³/mol. The average Bonchev–Trinajstić information content (AvgIpc) is 3.28. The summed E-state index contributed by atoms with van der Waals surface area (Å²) in [4.78, 5) is 28.6. The van der Waals surface area contributed by atoms with Gasteiger partial charge in [0.1, 0.15) is 29.5 Å². The van der Waals surface area contributed by atoms with Gasteiger partial charge in [-0.25, -0.2) is 26.5 Å². The quantitative estimate of drug-likeness (QED) is 0.273. The van der Waals surface area contributed by atoms with Crippen molar-refractivity contribution in [1.29, 1.82) is 0 Å². The number of hydrogen-bond donors (Lipinski definition) is 4. The number of aromatic nitrogens is 1. The van der Waals surface area contributed by atoms with Crippen LogP contribution in [-0.2, 0) is 26.0 Å². The van der Waals surface area contributed by atoms with E-state index < -0.39 is 57.8 Å². The van der Waals surface area contributed by atoms with E-state index in [-0.39, 0.29) is 35.8 Å². The van der Waals surface area contributed by atoms with Crippen molar-refractivity contribution in [2.45, 2.75) is 44.1 Å². The van der Waals surface area contributed by atoms with Crippen molar-refractivity contribution in [3.8, 4) is 0 Å². The number of thiazole rings is 1. The van der Waals surface area contributed by atoms with Gasteiger partial charge in [0.25, 0.3) is 5.91 Å². The first-order valence-electron chi connectivity index (χ1n) is 11.0. The Labute approximate surface area is 217 Å². The molecule has 0 saturated heterocycles. The van der Waals surface area contributed by atoms with Crippen LogP contribution in [0.5, 0.6) is 0 Å². The smallest absolute Gasteiger partial charge is 0.271 e. The monoisotopic (exact) mass is 564 g/mol. The fourth-order valence-corrected chi connectivity index (χ4v) is 4.98. The van der Waals surface area contributed by atoms with Crippen LogP contribution < -0.4 is 14.9 Å². The van der Waals surface area contributed by atoms with Crippen LogP contribution in [0.15, 0.2) is 23.6 Å². The minimum absolute atomic E-state index is 0.0160. The van der Waals surface area contributed by atoms with Crippen LogP contribution in [0.1, 0.15) is 29.4 Å². The van der Waals surface area contributed by atoms with Crippen LogP contribution in [-0.4, -0.2) is 86.7 Å². The third-order valence-electron chi connectivity index (χ3n) is 5.38.